The number of nitro groups is 1. The average molecular weight is 623 g/mol. The lowest BCUT2D eigenvalue weighted by atomic mass is 10.2. The second-order valence-corrected chi connectivity index (χ2v) is 11.8. The molecule has 0 amide bonds. The zero-order chi connectivity index (χ0) is 30.0. The van der Waals surface area contributed by atoms with Gasteiger partial charge >= 0.3 is 29.3 Å². The summed E-state index contributed by atoms with van der Waals surface area (Å²) in [6.45, 7) is 0.421. The number of nitrogens with zero attached hydrogens (tertiary/aromatic N) is 8. The number of aryl methyl sites for hydroxylation is 1. The first-order valence-electron chi connectivity index (χ1n) is 10.3. The highest BCUT2D eigenvalue weighted by atomic mass is 31.3. The van der Waals surface area contributed by atoms with Gasteiger partial charge < -0.3 is 39.1 Å². The molecule has 0 aliphatic carbocycles. The van der Waals surface area contributed by atoms with Gasteiger partial charge in [-0.1, -0.05) is 6.07 Å². The van der Waals surface area contributed by atoms with Crippen molar-refractivity contribution in [1.82, 2.24) is 33.9 Å². The molecule has 0 fully saturated rings. The molecule has 0 aliphatic rings. The second kappa shape index (κ2) is 11.6. The second-order valence-electron chi connectivity index (χ2n) is 7.62. The van der Waals surface area contributed by atoms with Gasteiger partial charge in [0.25, 0.3) is 0 Å². The number of fused-ring (bicyclic) bond motifs is 1. The minimum absolute atomic E-state index is 0.150. The third-order valence-electron chi connectivity index (χ3n) is 4.72. The van der Waals surface area contributed by atoms with Gasteiger partial charge in [0.15, 0.2) is 11.3 Å². The molecule has 0 aromatic carbocycles. The van der Waals surface area contributed by atoms with Gasteiger partial charge in [0.2, 0.25) is 5.82 Å². The molecule has 0 spiro atoms. The first-order valence-corrected chi connectivity index (χ1v) is 14.8. The predicted molar refractivity (Wildman–Crippen MR) is 131 cm³/mol. The summed E-state index contributed by atoms with van der Waals surface area (Å²) in [4.78, 5) is 63.4. The Hall–Kier alpha value is -3.48. The Bertz CT molecular complexity index is 1730. The van der Waals surface area contributed by atoms with E-state index >= 15 is 0 Å². The highest BCUT2D eigenvalue weighted by Crippen LogP contribution is 2.64. The number of phosphoric acid groups is 3. The standard InChI is InChI=1S/C16H15N9O2.H5O10P3/c1-22-11(25(26)27)7-19-16(22)13-12-14(17)24(8-10-4-3-5-18-6-10)9-20-15(12)23(2)21-13;1-11(2,3)9-13(7,8)10-12(4,5)6/h3-7,9,17H,8H2,1-2H3;(H,7,8)(H2,1,2,3)(H2,4,5,6). The van der Waals surface area contributed by atoms with E-state index < -0.39 is 28.4 Å². The number of hydrogen-bond acceptors (Lipinski definition) is 12. The van der Waals surface area contributed by atoms with Crippen LogP contribution in [0.3, 0.4) is 0 Å². The van der Waals surface area contributed by atoms with Crippen LogP contribution in [0.25, 0.3) is 22.6 Å². The van der Waals surface area contributed by atoms with E-state index in [1.54, 1.807) is 37.4 Å². The van der Waals surface area contributed by atoms with Gasteiger partial charge in [-0.2, -0.15) is 13.7 Å². The maximum Gasteiger partial charge on any atom is 0.490 e. The lowest BCUT2D eigenvalue weighted by molar-refractivity contribution is -0.391. The molecule has 4 rings (SSSR count). The summed E-state index contributed by atoms with van der Waals surface area (Å²) in [6, 6.07) is 3.74. The van der Waals surface area contributed by atoms with Crippen molar-refractivity contribution in [2.45, 2.75) is 6.54 Å². The van der Waals surface area contributed by atoms with Crippen LogP contribution in [0, 0.1) is 15.5 Å². The Morgan fingerprint density at radius 1 is 1.05 bits per heavy atom. The molecule has 0 saturated heterocycles. The number of nitrogens with one attached hydrogen (secondary N) is 1. The van der Waals surface area contributed by atoms with E-state index in [1.165, 1.54) is 15.4 Å². The average Bonchev–Trinajstić information content (AvgIpc) is 3.33. The van der Waals surface area contributed by atoms with Crippen LogP contribution in [-0.4, -0.2) is 63.3 Å². The topological polar surface area (TPSA) is 304 Å². The van der Waals surface area contributed by atoms with Gasteiger partial charge in [0.05, 0.1) is 25.3 Å². The van der Waals surface area contributed by atoms with Crippen molar-refractivity contribution >= 4 is 40.3 Å². The number of aromatic nitrogens is 7. The van der Waals surface area contributed by atoms with Gasteiger partial charge in [-0.3, -0.25) is 10.4 Å². The molecule has 4 heterocycles. The molecule has 24 heteroatoms. The number of pyridine rings is 1. The molecule has 40 heavy (non-hydrogen) atoms. The van der Waals surface area contributed by atoms with Crippen LogP contribution in [0.1, 0.15) is 5.56 Å². The summed E-state index contributed by atoms with van der Waals surface area (Å²) in [6.07, 6.45) is 6.16. The maximum absolute atomic E-state index is 11.1. The molecule has 21 nitrogen and oxygen atoms in total. The van der Waals surface area contributed by atoms with Crippen LogP contribution in [-0.2, 0) is 43.0 Å². The Balaban J connectivity index is 0.000000289. The van der Waals surface area contributed by atoms with E-state index in [4.69, 9.17) is 29.9 Å². The molecule has 4 aromatic rings. The monoisotopic (exact) mass is 623 g/mol. The molecular formula is C16H20N9O12P3. The van der Waals surface area contributed by atoms with Gasteiger partial charge in [-0.15, -0.1) is 0 Å². The Morgan fingerprint density at radius 2 is 1.68 bits per heavy atom. The molecule has 4 aromatic heterocycles. The summed E-state index contributed by atoms with van der Waals surface area (Å²) in [5.41, 5.74) is 2.00. The highest BCUT2D eigenvalue weighted by molar-refractivity contribution is 7.66. The Labute approximate surface area is 222 Å². The number of hydrogen-bond donors (Lipinski definition) is 6. The first kappa shape index (κ1) is 31.1. The third-order valence-corrected chi connectivity index (χ3v) is 8.07. The quantitative estimate of drug-likeness (QED) is 0.0873. The van der Waals surface area contributed by atoms with Crippen molar-refractivity contribution in [3.8, 4) is 11.5 Å². The molecule has 0 saturated carbocycles. The van der Waals surface area contributed by atoms with Crippen molar-refractivity contribution in [2.75, 3.05) is 0 Å². The van der Waals surface area contributed by atoms with Crippen LogP contribution < -0.4 is 5.49 Å². The zero-order valence-corrected chi connectivity index (χ0v) is 22.9. The molecule has 216 valence electrons. The smallest absolute Gasteiger partial charge is 0.358 e. The van der Waals surface area contributed by atoms with E-state index in [1.807, 2.05) is 12.1 Å². The summed E-state index contributed by atoms with van der Waals surface area (Å²) < 4.78 is 40.9. The van der Waals surface area contributed by atoms with Crippen molar-refractivity contribution in [1.29, 1.82) is 5.41 Å². The van der Waals surface area contributed by atoms with Gasteiger partial charge in [-0.25, -0.2) is 32.9 Å². The van der Waals surface area contributed by atoms with Crippen LogP contribution in [0.2, 0.25) is 0 Å². The SMILES string of the molecule is Cn1c([N+](=O)[O-])cnc1-c1nn(C)c2ncn(Cc3cccnc3)c(=N)c12.O=P(O)(O)OP(=O)(O)OP(=O)(O)O. The molecule has 0 radical (unpaired) electrons. The molecule has 6 N–H and O–H groups in total. The van der Waals surface area contributed by atoms with Crippen LogP contribution in [0.15, 0.2) is 37.1 Å². The fraction of sp³-hybridized carbons (Fsp3) is 0.188. The fourth-order valence-corrected chi connectivity index (χ4v) is 5.78. The van der Waals surface area contributed by atoms with Crippen molar-refractivity contribution in [2.24, 2.45) is 14.1 Å². The summed E-state index contributed by atoms with van der Waals surface area (Å²) >= 11 is 0. The van der Waals surface area contributed by atoms with Crippen LogP contribution >= 0.6 is 23.5 Å². The van der Waals surface area contributed by atoms with E-state index in [-0.39, 0.29) is 11.3 Å². The Kier molecular flexibility index (Phi) is 8.97. The predicted octanol–water partition coefficient (Wildman–Crippen LogP) is 0.307. The summed E-state index contributed by atoms with van der Waals surface area (Å²) in [5.74, 6) is 0.157. The Morgan fingerprint density at radius 3 is 2.17 bits per heavy atom. The molecular weight excluding hydrogens is 603 g/mol. The van der Waals surface area contributed by atoms with Crippen molar-refractivity contribution < 1.29 is 51.7 Å². The minimum Gasteiger partial charge on any atom is -0.358 e. The van der Waals surface area contributed by atoms with E-state index in [2.05, 4.69) is 28.7 Å². The van der Waals surface area contributed by atoms with Crippen LogP contribution in [0.4, 0.5) is 5.82 Å². The maximum atomic E-state index is 11.1. The lowest BCUT2D eigenvalue weighted by Gasteiger charge is -2.11. The van der Waals surface area contributed by atoms with Crippen LogP contribution in [0.5, 0.6) is 0 Å². The van der Waals surface area contributed by atoms with E-state index in [0.29, 0.717) is 29.1 Å². The lowest BCUT2D eigenvalue weighted by Crippen LogP contribution is -2.22. The molecule has 0 atom stereocenters. The summed E-state index contributed by atoms with van der Waals surface area (Å²) in [7, 11) is -12.9. The van der Waals surface area contributed by atoms with E-state index in [0.717, 1.165) is 5.56 Å². The normalized spacial score (nSPS) is 12.3. The van der Waals surface area contributed by atoms with Gasteiger partial charge in [-0.05, 0) is 16.6 Å². The molecule has 0 unspecified atom stereocenters. The number of imidazole rings is 1. The van der Waals surface area contributed by atoms with E-state index in [9.17, 15) is 23.8 Å². The van der Waals surface area contributed by atoms with Gasteiger partial charge in [0, 0.05) is 19.4 Å². The third kappa shape index (κ3) is 7.80. The number of rotatable bonds is 8. The highest BCUT2D eigenvalue weighted by Gasteiger charge is 2.38. The molecule has 0 aliphatic heterocycles. The largest absolute Gasteiger partial charge is 0.490 e. The first-order chi connectivity index (χ1) is 18.4. The minimum atomic E-state index is -5.46. The summed E-state index contributed by atoms with van der Waals surface area (Å²) in [5, 5.41) is 24.6. The fourth-order valence-electron chi connectivity index (χ4n) is 3.25. The van der Waals surface area contributed by atoms with Gasteiger partial charge in [0.1, 0.15) is 11.7 Å². The zero-order valence-electron chi connectivity index (χ0n) is 20.2. The van der Waals surface area contributed by atoms with Crippen molar-refractivity contribution in [3.05, 3.63) is 58.2 Å². The van der Waals surface area contributed by atoms with Crippen molar-refractivity contribution in [3.63, 3.8) is 0 Å². The molecule has 0 bridgehead atoms.